The zero-order valence-corrected chi connectivity index (χ0v) is 26.8. The van der Waals surface area contributed by atoms with Gasteiger partial charge >= 0.3 is 21.0 Å². The number of alkyl halides is 3. The maximum Gasteiger partial charge on any atom is 0.492 e. The fourth-order valence-corrected chi connectivity index (χ4v) is 6.34. The number of hydrogen-bond donors (Lipinski definition) is 3. The number of benzene rings is 2. The number of ether oxygens (including phenoxy) is 1. The molecule has 0 radical (unpaired) electrons. The third-order valence-corrected chi connectivity index (χ3v) is 9.25. The molecule has 44 heavy (non-hydrogen) atoms. The van der Waals surface area contributed by atoms with E-state index in [0.29, 0.717) is 23.2 Å². The minimum absolute atomic E-state index is 0.109. The van der Waals surface area contributed by atoms with Gasteiger partial charge in [0.1, 0.15) is 5.69 Å². The van der Waals surface area contributed by atoms with E-state index in [2.05, 4.69) is 26.2 Å². The van der Waals surface area contributed by atoms with E-state index in [1.807, 2.05) is 6.20 Å². The van der Waals surface area contributed by atoms with Crippen molar-refractivity contribution in [2.45, 2.75) is 88.4 Å². The fourth-order valence-electron chi connectivity index (χ4n) is 5.36. The lowest BCUT2D eigenvalue weighted by Crippen LogP contribution is -2.33. The van der Waals surface area contributed by atoms with Crippen molar-refractivity contribution < 1.29 is 37.1 Å². The summed E-state index contributed by atoms with van der Waals surface area (Å²) in [5.74, 6) is -4.04. The second-order valence-electron chi connectivity index (χ2n) is 11.2. The van der Waals surface area contributed by atoms with Crippen molar-refractivity contribution in [2.75, 3.05) is 0 Å². The van der Waals surface area contributed by atoms with E-state index in [0.717, 1.165) is 74.0 Å². The van der Waals surface area contributed by atoms with Gasteiger partial charge in [-0.2, -0.15) is 13.2 Å². The molecule has 0 unspecified atom stereocenters. The van der Waals surface area contributed by atoms with Gasteiger partial charge in [-0.15, -0.1) is 5.10 Å². The van der Waals surface area contributed by atoms with Gasteiger partial charge in [0.25, 0.3) is 0 Å². The number of hydrogen-bond acceptors (Lipinski definition) is 7. The van der Waals surface area contributed by atoms with Gasteiger partial charge in [-0.05, 0) is 42.2 Å². The molecule has 1 aliphatic rings. The summed E-state index contributed by atoms with van der Waals surface area (Å²) in [4.78, 5) is 39.9. The number of aryl methyl sites for hydroxylation is 1. The number of allylic oxidation sites excluding steroid dienone is 2. The molecule has 0 aliphatic carbocycles. The Kier molecular flexibility index (Phi) is 11.9. The molecule has 8 nitrogen and oxygen atoms in total. The van der Waals surface area contributed by atoms with E-state index < -0.39 is 38.5 Å². The molecule has 2 aromatic carbocycles. The van der Waals surface area contributed by atoms with Crippen molar-refractivity contribution in [1.29, 1.82) is 0 Å². The third kappa shape index (κ3) is 10.1. The molecule has 238 valence electrons. The van der Waals surface area contributed by atoms with Crippen LogP contribution in [0, 0.1) is 0 Å². The zero-order chi connectivity index (χ0) is 31.7. The summed E-state index contributed by atoms with van der Waals surface area (Å²) in [7, 11) is -3.89. The molecule has 0 spiro atoms. The van der Waals surface area contributed by atoms with Crippen molar-refractivity contribution in [2.24, 2.45) is 0 Å². The highest BCUT2D eigenvalue weighted by atomic mass is 79.9. The topological polar surface area (TPSA) is 118 Å². The number of aromatic nitrogens is 3. The lowest BCUT2D eigenvalue weighted by molar-refractivity contribution is -0.164. The first-order valence-electron chi connectivity index (χ1n) is 14.8. The number of carbonyl (C=O) groups is 1. The van der Waals surface area contributed by atoms with Gasteiger partial charge < -0.3 is 19.1 Å². The van der Waals surface area contributed by atoms with Crippen LogP contribution in [0.3, 0.4) is 0 Å². The maximum absolute atomic E-state index is 13.5. The molecule has 2 atom stereocenters. The van der Waals surface area contributed by atoms with Crippen LogP contribution in [0.15, 0.2) is 71.0 Å². The van der Waals surface area contributed by atoms with Gasteiger partial charge in [0, 0.05) is 28.5 Å². The normalized spacial score (nSPS) is 17.4. The summed E-state index contributed by atoms with van der Waals surface area (Å²) in [6.45, 7) is 0.726. The summed E-state index contributed by atoms with van der Waals surface area (Å²) in [6.07, 6.45) is 7.11. The number of esters is 1. The minimum atomic E-state index is -4.78. The maximum atomic E-state index is 13.5. The Balaban J connectivity index is 1.29. The Morgan fingerprint density at radius 3 is 2.00 bits per heavy atom. The van der Waals surface area contributed by atoms with Crippen LogP contribution >= 0.6 is 15.9 Å². The molecule has 2 heterocycles. The van der Waals surface area contributed by atoms with Crippen molar-refractivity contribution in [3.8, 4) is 11.3 Å². The Hall–Kier alpha value is -2.84. The van der Waals surface area contributed by atoms with Crippen molar-refractivity contribution >= 4 is 30.7 Å². The second-order valence-corrected chi connectivity index (χ2v) is 14.2. The average Bonchev–Trinajstić information content (AvgIpc) is 3.44. The molecular formula is C31H37BrF3N3O5Si. The molecule has 1 aromatic heterocycles. The fraction of sp³-hybridized carbons (Fsp3) is 0.452. The lowest BCUT2D eigenvalue weighted by atomic mass is 9.79. The highest BCUT2D eigenvalue weighted by Gasteiger charge is 2.45. The van der Waals surface area contributed by atoms with Crippen LogP contribution in [-0.2, 0) is 16.1 Å². The molecule has 3 N–H and O–H groups in total. The first kappa shape index (κ1) is 34.0. The third-order valence-electron chi connectivity index (χ3n) is 7.69. The SMILES string of the molecule is O=C1OC(C(F)(F)F)=C[C@@H](c2ccc(-c3cn(CCCCCCCCCCC[Si](O)(O)O)nn3)cc2)[C@@H]1c1ccc(Br)cc1. The first-order chi connectivity index (χ1) is 20.9. The van der Waals surface area contributed by atoms with Gasteiger partial charge in [-0.1, -0.05) is 102 Å². The van der Waals surface area contributed by atoms with Crippen LogP contribution in [0.4, 0.5) is 13.2 Å². The average molecular weight is 697 g/mol. The van der Waals surface area contributed by atoms with Crippen molar-refractivity contribution in [3.05, 3.63) is 82.2 Å². The van der Waals surface area contributed by atoms with Gasteiger partial charge in [-0.3, -0.25) is 9.48 Å². The van der Waals surface area contributed by atoms with E-state index in [1.54, 1.807) is 53.2 Å². The summed E-state index contributed by atoms with van der Waals surface area (Å²) in [5, 5.41) is 8.48. The van der Waals surface area contributed by atoms with Crippen LogP contribution < -0.4 is 0 Å². The molecule has 1 aliphatic heterocycles. The Morgan fingerprint density at radius 1 is 0.841 bits per heavy atom. The number of rotatable bonds is 15. The van der Waals surface area contributed by atoms with E-state index in [1.165, 1.54) is 0 Å². The quantitative estimate of drug-likeness (QED) is 0.0890. The number of carbonyl (C=O) groups excluding carboxylic acids is 1. The van der Waals surface area contributed by atoms with Gasteiger partial charge in [-0.25, -0.2) is 0 Å². The molecule has 0 fully saturated rings. The van der Waals surface area contributed by atoms with Gasteiger partial charge in [0.15, 0.2) is 0 Å². The highest BCUT2D eigenvalue weighted by Crippen LogP contribution is 2.44. The van der Waals surface area contributed by atoms with E-state index in [9.17, 15) is 18.0 Å². The van der Waals surface area contributed by atoms with E-state index in [4.69, 9.17) is 19.1 Å². The van der Waals surface area contributed by atoms with Gasteiger partial charge in [0.2, 0.25) is 5.76 Å². The predicted octanol–water partition coefficient (Wildman–Crippen LogP) is 7.00. The van der Waals surface area contributed by atoms with E-state index in [-0.39, 0.29) is 6.04 Å². The van der Waals surface area contributed by atoms with Crippen LogP contribution in [0.2, 0.25) is 6.04 Å². The molecule has 0 saturated carbocycles. The Labute approximate surface area is 264 Å². The minimum Gasteiger partial charge on any atom is -0.421 e. The zero-order valence-electron chi connectivity index (χ0n) is 24.2. The molecule has 13 heteroatoms. The summed E-state index contributed by atoms with van der Waals surface area (Å²) in [6, 6.07) is 14.0. The largest absolute Gasteiger partial charge is 0.492 e. The number of halogens is 4. The van der Waals surface area contributed by atoms with Crippen LogP contribution in [0.5, 0.6) is 0 Å². The Morgan fingerprint density at radius 2 is 1.41 bits per heavy atom. The summed E-state index contributed by atoms with van der Waals surface area (Å²) in [5.41, 5.74) is 2.53. The molecule has 0 saturated heterocycles. The monoisotopic (exact) mass is 695 g/mol. The Bertz CT molecular complexity index is 1390. The lowest BCUT2D eigenvalue weighted by Gasteiger charge is -2.30. The molecule has 0 amide bonds. The predicted molar refractivity (Wildman–Crippen MR) is 164 cm³/mol. The van der Waals surface area contributed by atoms with Crippen molar-refractivity contribution in [3.63, 3.8) is 0 Å². The summed E-state index contributed by atoms with van der Waals surface area (Å²) >= 11 is 3.35. The standard InChI is InChI=1S/C31H37BrF3N3O5Si/c32-25-16-14-24(15-17-25)29-26(20-28(31(33,34)35)43-30(29)39)22-10-12-23(13-11-22)27-21-38(37-36-27)18-8-6-4-2-1-3-5-7-9-19-44(40,41)42/h10-17,20-21,26,29,40-42H,1-9,18-19H2/t26-,29-/m0/s1. The number of unbranched alkanes of at least 4 members (excludes halogenated alkanes) is 8. The highest BCUT2D eigenvalue weighted by molar-refractivity contribution is 9.10. The van der Waals surface area contributed by atoms with Crippen molar-refractivity contribution in [1.82, 2.24) is 15.0 Å². The molecule has 3 aromatic rings. The number of nitrogens with zero attached hydrogens (tertiary/aromatic N) is 3. The number of cyclic esters (lactones) is 1. The molecule has 4 rings (SSSR count). The van der Waals surface area contributed by atoms with E-state index >= 15 is 0 Å². The van der Waals surface area contributed by atoms with Crippen LogP contribution in [0.25, 0.3) is 11.3 Å². The van der Waals surface area contributed by atoms with Gasteiger partial charge in [0.05, 0.1) is 12.1 Å². The molecule has 0 bridgehead atoms. The second kappa shape index (κ2) is 15.4. The smallest absolute Gasteiger partial charge is 0.421 e. The first-order valence-corrected chi connectivity index (χ1v) is 17.7. The summed E-state index contributed by atoms with van der Waals surface area (Å²) < 4.78 is 47.9. The van der Waals surface area contributed by atoms with Crippen LogP contribution in [-0.4, -0.2) is 50.3 Å². The van der Waals surface area contributed by atoms with Crippen LogP contribution in [0.1, 0.15) is 80.8 Å². The molecular weight excluding hydrogens is 659 g/mol.